The Labute approximate surface area is 244 Å². The van der Waals surface area contributed by atoms with Crippen molar-refractivity contribution in [1.82, 2.24) is 0 Å². The number of unbranched alkanes of at least 4 members (excludes halogenated alkanes) is 5. The molecule has 15 atom stereocenters. The van der Waals surface area contributed by atoms with Crippen LogP contribution in [0.25, 0.3) is 0 Å². The zero-order valence-electron chi connectivity index (χ0n) is 23.8. The molecule has 0 aromatic heterocycles. The van der Waals surface area contributed by atoms with Gasteiger partial charge in [-0.15, -0.1) is 0 Å². The van der Waals surface area contributed by atoms with Gasteiger partial charge in [-0.2, -0.15) is 0 Å². The number of ether oxygens (including phenoxy) is 6. The lowest BCUT2D eigenvalue weighted by molar-refractivity contribution is -0.376. The van der Waals surface area contributed by atoms with Gasteiger partial charge in [-0.3, -0.25) is 0 Å². The van der Waals surface area contributed by atoms with Gasteiger partial charge >= 0.3 is 0 Å². The quantitative estimate of drug-likeness (QED) is 0.0782. The van der Waals surface area contributed by atoms with Crippen LogP contribution in [-0.4, -0.2) is 164 Å². The second-order valence-corrected chi connectivity index (χ2v) is 11.1. The molecule has 3 aliphatic heterocycles. The summed E-state index contributed by atoms with van der Waals surface area (Å²) >= 11 is 0. The van der Waals surface area contributed by atoms with Crippen molar-refractivity contribution in [3.63, 3.8) is 0 Å². The summed E-state index contributed by atoms with van der Waals surface area (Å²) in [5, 5.41) is 92.4. The third kappa shape index (κ3) is 8.75. The third-order valence-corrected chi connectivity index (χ3v) is 7.91. The van der Waals surface area contributed by atoms with Crippen LogP contribution in [0, 0.1) is 0 Å². The van der Waals surface area contributed by atoms with Crippen molar-refractivity contribution in [2.75, 3.05) is 26.4 Å². The van der Waals surface area contributed by atoms with Crippen LogP contribution in [0.5, 0.6) is 0 Å². The lowest BCUT2D eigenvalue weighted by Crippen LogP contribution is -2.66. The van der Waals surface area contributed by atoms with Crippen molar-refractivity contribution in [3.8, 4) is 0 Å². The largest absolute Gasteiger partial charge is 0.394 e. The number of hydrogen-bond acceptors (Lipinski definition) is 16. The lowest BCUT2D eigenvalue weighted by atomic mass is 9.96. The summed E-state index contributed by atoms with van der Waals surface area (Å²) in [7, 11) is 0. The molecule has 0 radical (unpaired) electrons. The molecule has 0 saturated carbocycles. The van der Waals surface area contributed by atoms with E-state index in [1.165, 1.54) is 6.92 Å². The fourth-order valence-corrected chi connectivity index (χ4v) is 5.31. The van der Waals surface area contributed by atoms with E-state index in [-0.39, 0.29) is 6.61 Å². The Kier molecular flexibility index (Phi) is 14.6. The van der Waals surface area contributed by atoms with E-state index in [1.54, 1.807) is 0 Å². The van der Waals surface area contributed by atoms with E-state index in [9.17, 15) is 46.0 Å². The van der Waals surface area contributed by atoms with Crippen LogP contribution in [-0.2, 0) is 28.4 Å². The van der Waals surface area contributed by atoms with Crippen LogP contribution in [0.15, 0.2) is 0 Å². The van der Waals surface area contributed by atoms with Gasteiger partial charge in [0, 0.05) is 6.61 Å². The van der Waals surface area contributed by atoms with Crippen LogP contribution in [0.3, 0.4) is 0 Å². The van der Waals surface area contributed by atoms with Crippen molar-refractivity contribution in [2.24, 2.45) is 5.73 Å². The summed E-state index contributed by atoms with van der Waals surface area (Å²) in [5.41, 5.74) is 5.49. The Morgan fingerprint density at radius 2 is 1.05 bits per heavy atom. The van der Waals surface area contributed by atoms with Crippen molar-refractivity contribution in [3.05, 3.63) is 0 Å². The van der Waals surface area contributed by atoms with Crippen molar-refractivity contribution in [1.29, 1.82) is 0 Å². The van der Waals surface area contributed by atoms with Crippen molar-refractivity contribution < 1.29 is 74.4 Å². The Bertz CT molecular complexity index is 765. The van der Waals surface area contributed by atoms with E-state index in [0.29, 0.717) is 13.0 Å². The summed E-state index contributed by atoms with van der Waals surface area (Å²) in [6.07, 6.45) is -16.5. The van der Waals surface area contributed by atoms with Crippen LogP contribution >= 0.6 is 0 Å². The number of rotatable bonds is 15. The molecule has 6 unspecified atom stereocenters. The monoisotopic (exact) mass is 615 g/mol. The van der Waals surface area contributed by atoms with E-state index < -0.39 is 105 Å². The molecule has 11 N–H and O–H groups in total. The average molecular weight is 616 g/mol. The molecule has 3 rings (SSSR count). The molecule has 0 aromatic rings. The second-order valence-electron chi connectivity index (χ2n) is 11.1. The van der Waals surface area contributed by atoms with Crippen molar-refractivity contribution in [2.45, 2.75) is 138 Å². The SMILES string of the molecule is CC1O[C@H](O[C@@H]2C(CO)O[C@@H](OCCCCCCCCN)C(O)[C@H]2O)C(O)[C@@H](O)[C@H]1O[C@@H]1OC(CO)[C@H](O)[C@H](O)C1O. The molecule has 248 valence electrons. The Morgan fingerprint density at radius 1 is 0.548 bits per heavy atom. The maximum atomic E-state index is 10.8. The maximum absolute atomic E-state index is 10.8. The lowest BCUT2D eigenvalue weighted by Gasteiger charge is -2.47. The maximum Gasteiger partial charge on any atom is 0.187 e. The Balaban J connectivity index is 1.54. The molecule has 0 aromatic carbocycles. The highest BCUT2D eigenvalue weighted by Gasteiger charge is 2.52. The fraction of sp³-hybridized carbons (Fsp3) is 1.00. The highest BCUT2D eigenvalue weighted by atomic mass is 16.8. The zero-order valence-corrected chi connectivity index (χ0v) is 23.8. The normalized spacial score (nSPS) is 44.8. The first kappa shape index (κ1) is 35.8. The van der Waals surface area contributed by atoms with Crippen LogP contribution < -0.4 is 5.73 Å². The molecular weight excluding hydrogens is 566 g/mol. The number of hydrogen-bond donors (Lipinski definition) is 10. The molecule has 42 heavy (non-hydrogen) atoms. The van der Waals surface area contributed by atoms with E-state index in [1.807, 2.05) is 0 Å². The van der Waals surface area contributed by atoms with Crippen molar-refractivity contribution >= 4 is 0 Å². The predicted molar refractivity (Wildman–Crippen MR) is 140 cm³/mol. The van der Waals surface area contributed by atoms with Gasteiger partial charge in [0.05, 0.1) is 19.3 Å². The topological polar surface area (TPSA) is 263 Å². The molecule has 0 aliphatic carbocycles. The number of nitrogens with two attached hydrogens (primary N) is 1. The van der Waals surface area contributed by atoms with Gasteiger partial charge in [-0.05, 0) is 26.3 Å². The van der Waals surface area contributed by atoms with Crippen LogP contribution in [0.4, 0.5) is 0 Å². The fourth-order valence-electron chi connectivity index (χ4n) is 5.31. The first-order valence-corrected chi connectivity index (χ1v) is 14.6. The minimum absolute atomic E-state index is 0.263. The van der Waals surface area contributed by atoms with Crippen LogP contribution in [0.1, 0.15) is 45.4 Å². The molecule has 3 fully saturated rings. The summed E-state index contributed by atoms with van der Waals surface area (Å²) in [4.78, 5) is 0. The molecule has 3 aliphatic rings. The van der Waals surface area contributed by atoms with Gasteiger partial charge in [0.2, 0.25) is 0 Å². The van der Waals surface area contributed by atoms with E-state index in [2.05, 4.69) is 0 Å². The number of aliphatic hydroxyl groups is 9. The minimum atomic E-state index is -1.78. The predicted octanol–water partition coefficient (Wildman–Crippen LogP) is -4.22. The molecule has 0 spiro atoms. The van der Waals surface area contributed by atoms with Gasteiger partial charge in [-0.25, -0.2) is 0 Å². The molecule has 3 saturated heterocycles. The first-order valence-electron chi connectivity index (χ1n) is 14.6. The summed E-state index contributed by atoms with van der Waals surface area (Å²) in [6.45, 7) is 1.07. The van der Waals surface area contributed by atoms with Gasteiger partial charge in [0.1, 0.15) is 67.1 Å². The second kappa shape index (κ2) is 17.2. The molecular formula is C26H49NO15. The number of aliphatic hydroxyl groups excluding tert-OH is 9. The third-order valence-electron chi connectivity index (χ3n) is 7.91. The first-order chi connectivity index (χ1) is 20.0. The van der Waals surface area contributed by atoms with Gasteiger partial charge in [-0.1, -0.05) is 25.7 Å². The van der Waals surface area contributed by atoms with Gasteiger partial charge in [0.25, 0.3) is 0 Å². The minimum Gasteiger partial charge on any atom is -0.394 e. The van der Waals surface area contributed by atoms with Gasteiger partial charge < -0.3 is 80.1 Å². The Hall–Kier alpha value is -0.640. The van der Waals surface area contributed by atoms with Crippen LogP contribution in [0.2, 0.25) is 0 Å². The van der Waals surface area contributed by atoms with Gasteiger partial charge in [0.15, 0.2) is 18.9 Å². The average Bonchev–Trinajstić information content (AvgIpc) is 2.98. The molecule has 3 heterocycles. The summed E-state index contributed by atoms with van der Waals surface area (Å²) in [5.74, 6) is 0. The standard InChI is InChI=1S/C26H49NO15/c1-12-22(41-26-19(34)16(31)15(30)13(10-28)39-26)17(32)21(36)25(38-12)42-23-14(11-29)40-24(20(35)18(23)33)37-9-7-5-3-2-4-6-8-27/h12-26,28-36H,2-11,27H2,1H3/t12?,13?,14?,15-,16-,17+,18+,19?,20?,21?,22-,23+,24+,25+,26-/m0/s1. The smallest absolute Gasteiger partial charge is 0.187 e. The molecule has 16 nitrogen and oxygen atoms in total. The molecule has 0 bridgehead atoms. The highest BCUT2D eigenvalue weighted by Crippen LogP contribution is 2.32. The van der Waals surface area contributed by atoms with E-state index >= 15 is 0 Å². The molecule has 16 heteroatoms. The summed E-state index contributed by atoms with van der Waals surface area (Å²) in [6, 6.07) is 0. The Morgan fingerprint density at radius 3 is 1.69 bits per heavy atom. The summed E-state index contributed by atoms with van der Waals surface area (Å²) < 4.78 is 33.5. The molecule has 0 amide bonds. The van der Waals surface area contributed by atoms with E-state index in [0.717, 1.165) is 32.1 Å². The zero-order chi connectivity index (χ0) is 31.0. The highest BCUT2D eigenvalue weighted by molar-refractivity contribution is 4.95. The van der Waals surface area contributed by atoms with E-state index in [4.69, 9.17) is 34.2 Å².